The van der Waals surface area contributed by atoms with Crippen LogP contribution in [0.3, 0.4) is 0 Å². The molecule has 1 aromatic rings. The molecule has 3 atom stereocenters. The molecule has 1 saturated carbocycles. The number of nitrogens with one attached hydrogen (secondary N) is 2. The zero-order chi connectivity index (χ0) is 18.6. The van der Waals surface area contributed by atoms with Gasteiger partial charge in [-0.1, -0.05) is 31.0 Å². The molecule has 0 spiro atoms. The number of rotatable bonds is 4. The van der Waals surface area contributed by atoms with E-state index in [1.54, 1.807) is 0 Å². The Morgan fingerprint density at radius 2 is 1.78 bits per heavy atom. The molecule has 1 aliphatic carbocycles. The number of piperazine rings is 1. The monoisotopic (exact) mass is 370 g/mol. The van der Waals surface area contributed by atoms with Gasteiger partial charge in [0.1, 0.15) is 0 Å². The fraction of sp³-hybridized carbons (Fsp3) is 0.619. The topological polar surface area (TPSA) is 64.7 Å². The Morgan fingerprint density at radius 1 is 1.04 bits per heavy atom. The van der Waals surface area contributed by atoms with Gasteiger partial charge in [0.05, 0.1) is 12.6 Å². The van der Waals surface area contributed by atoms with Crippen LogP contribution >= 0.6 is 0 Å². The predicted molar refractivity (Wildman–Crippen MR) is 106 cm³/mol. The first-order valence-corrected chi connectivity index (χ1v) is 10.3. The van der Waals surface area contributed by atoms with E-state index in [0.29, 0.717) is 25.0 Å². The van der Waals surface area contributed by atoms with Crippen LogP contribution in [0, 0.1) is 5.92 Å². The number of hydrogen-bond donors (Lipinski definition) is 2. The van der Waals surface area contributed by atoms with Crippen molar-refractivity contribution in [3.8, 4) is 0 Å². The van der Waals surface area contributed by atoms with Gasteiger partial charge in [-0.2, -0.15) is 0 Å². The molecule has 6 nitrogen and oxygen atoms in total. The SMILES string of the molecule is O=C(NCC(=O)N1CCN(c2ccccc2)CC1)C1CC2CCCCC2N1. The van der Waals surface area contributed by atoms with Crippen molar-refractivity contribution in [2.75, 3.05) is 37.6 Å². The molecule has 146 valence electrons. The Hall–Kier alpha value is -2.08. The molecule has 1 aromatic carbocycles. The van der Waals surface area contributed by atoms with Crippen LogP contribution in [-0.4, -0.2) is 61.5 Å². The van der Waals surface area contributed by atoms with Crippen LogP contribution in [0.25, 0.3) is 0 Å². The fourth-order valence-corrected chi connectivity index (χ4v) is 4.77. The van der Waals surface area contributed by atoms with Crippen LogP contribution < -0.4 is 15.5 Å². The molecule has 3 unspecified atom stereocenters. The minimum absolute atomic E-state index is 0.0133. The van der Waals surface area contributed by atoms with E-state index in [0.717, 1.165) is 19.5 Å². The molecule has 2 heterocycles. The van der Waals surface area contributed by atoms with Gasteiger partial charge in [-0.25, -0.2) is 0 Å². The van der Waals surface area contributed by atoms with Crippen LogP contribution in [0.15, 0.2) is 30.3 Å². The zero-order valence-corrected chi connectivity index (χ0v) is 15.9. The number of fused-ring (bicyclic) bond motifs is 1. The molecule has 2 N–H and O–H groups in total. The van der Waals surface area contributed by atoms with E-state index >= 15 is 0 Å². The van der Waals surface area contributed by atoms with Crippen LogP contribution in [0.5, 0.6) is 0 Å². The summed E-state index contributed by atoms with van der Waals surface area (Å²) in [6.45, 7) is 3.18. The summed E-state index contributed by atoms with van der Waals surface area (Å²) in [5, 5.41) is 6.34. The summed E-state index contributed by atoms with van der Waals surface area (Å²) in [6.07, 6.45) is 5.87. The molecule has 3 aliphatic rings. The average Bonchev–Trinajstić information content (AvgIpc) is 3.17. The van der Waals surface area contributed by atoms with Crippen LogP contribution in [-0.2, 0) is 9.59 Å². The Bertz CT molecular complexity index is 643. The van der Waals surface area contributed by atoms with Crippen molar-refractivity contribution < 1.29 is 9.59 Å². The van der Waals surface area contributed by atoms with E-state index in [1.807, 2.05) is 23.1 Å². The van der Waals surface area contributed by atoms with Gasteiger partial charge in [-0.05, 0) is 37.3 Å². The van der Waals surface area contributed by atoms with Crippen molar-refractivity contribution >= 4 is 17.5 Å². The Kier molecular flexibility index (Phi) is 5.62. The minimum Gasteiger partial charge on any atom is -0.368 e. The normalized spacial score (nSPS) is 27.9. The summed E-state index contributed by atoms with van der Waals surface area (Å²) in [5.74, 6) is 0.642. The highest BCUT2D eigenvalue weighted by Crippen LogP contribution is 2.33. The maximum atomic E-state index is 12.5. The standard InChI is InChI=1S/C21H30N4O2/c26-20(25-12-10-24(11-13-25)17-7-2-1-3-8-17)15-22-21(27)19-14-16-6-4-5-9-18(16)23-19/h1-3,7-8,16,18-19,23H,4-6,9-15H2,(H,22,27). The van der Waals surface area contributed by atoms with E-state index in [-0.39, 0.29) is 24.4 Å². The molecule has 4 rings (SSSR count). The molecular formula is C21H30N4O2. The highest BCUT2D eigenvalue weighted by Gasteiger charge is 2.38. The fourth-order valence-electron chi connectivity index (χ4n) is 4.77. The van der Waals surface area contributed by atoms with Crippen molar-refractivity contribution in [1.82, 2.24) is 15.5 Å². The van der Waals surface area contributed by atoms with Crippen molar-refractivity contribution in [1.29, 1.82) is 0 Å². The molecule has 3 fully saturated rings. The quantitative estimate of drug-likeness (QED) is 0.840. The lowest BCUT2D eigenvalue weighted by molar-refractivity contribution is -0.133. The van der Waals surface area contributed by atoms with E-state index in [4.69, 9.17) is 0 Å². The van der Waals surface area contributed by atoms with Gasteiger partial charge in [-0.15, -0.1) is 0 Å². The minimum atomic E-state index is -0.124. The molecule has 6 heteroatoms. The van der Waals surface area contributed by atoms with Crippen molar-refractivity contribution in [3.63, 3.8) is 0 Å². The molecule has 27 heavy (non-hydrogen) atoms. The Labute approximate surface area is 161 Å². The molecule has 0 bridgehead atoms. The summed E-state index contributed by atoms with van der Waals surface area (Å²) in [5.41, 5.74) is 1.20. The summed E-state index contributed by atoms with van der Waals surface area (Å²) < 4.78 is 0. The molecule has 2 saturated heterocycles. The lowest BCUT2D eigenvalue weighted by Crippen LogP contribution is -2.52. The number of anilines is 1. The van der Waals surface area contributed by atoms with Gasteiger partial charge in [0.25, 0.3) is 0 Å². The number of nitrogens with zero attached hydrogens (tertiary/aromatic N) is 2. The highest BCUT2D eigenvalue weighted by atomic mass is 16.2. The van der Waals surface area contributed by atoms with Crippen molar-refractivity contribution in [2.45, 2.75) is 44.2 Å². The summed E-state index contributed by atoms with van der Waals surface area (Å²) in [6, 6.07) is 10.7. The van der Waals surface area contributed by atoms with Gasteiger partial charge < -0.3 is 20.4 Å². The number of carbonyl (C=O) groups is 2. The van der Waals surface area contributed by atoms with E-state index in [1.165, 1.54) is 31.4 Å². The number of benzene rings is 1. The van der Waals surface area contributed by atoms with Gasteiger partial charge in [0.2, 0.25) is 11.8 Å². The second-order valence-electron chi connectivity index (χ2n) is 8.03. The van der Waals surface area contributed by atoms with E-state index in [9.17, 15) is 9.59 Å². The molecular weight excluding hydrogens is 340 g/mol. The maximum Gasteiger partial charge on any atom is 0.242 e. The Morgan fingerprint density at radius 3 is 2.52 bits per heavy atom. The summed E-state index contributed by atoms with van der Waals surface area (Å²) in [7, 11) is 0. The first-order chi connectivity index (χ1) is 13.2. The van der Waals surface area contributed by atoms with E-state index in [2.05, 4.69) is 27.7 Å². The molecule has 2 aliphatic heterocycles. The first kappa shape index (κ1) is 18.3. The van der Waals surface area contributed by atoms with Crippen molar-refractivity contribution in [2.24, 2.45) is 5.92 Å². The third-order valence-electron chi connectivity index (χ3n) is 6.35. The smallest absolute Gasteiger partial charge is 0.242 e. The molecule has 0 radical (unpaired) electrons. The van der Waals surface area contributed by atoms with Crippen LogP contribution in [0.4, 0.5) is 5.69 Å². The third kappa shape index (κ3) is 4.26. The lowest BCUT2D eigenvalue weighted by atomic mass is 9.85. The zero-order valence-electron chi connectivity index (χ0n) is 15.9. The maximum absolute atomic E-state index is 12.5. The van der Waals surface area contributed by atoms with Crippen LogP contribution in [0.2, 0.25) is 0 Å². The lowest BCUT2D eigenvalue weighted by Gasteiger charge is -2.36. The largest absolute Gasteiger partial charge is 0.368 e. The van der Waals surface area contributed by atoms with Gasteiger partial charge in [0.15, 0.2) is 0 Å². The average molecular weight is 370 g/mol. The number of hydrogen-bond acceptors (Lipinski definition) is 4. The van der Waals surface area contributed by atoms with Crippen molar-refractivity contribution in [3.05, 3.63) is 30.3 Å². The Balaban J connectivity index is 1.20. The first-order valence-electron chi connectivity index (χ1n) is 10.3. The number of para-hydroxylation sites is 1. The predicted octanol–water partition coefficient (Wildman–Crippen LogP) is 1.37. The second kappa shape index (κ2) is 8.30. The molecule has 0 aromatic heterocycles. The number of carbonyl (C=O) groups excluding carboxylic acids is 2. The van der Waals surface area contributed by atoms with E-state index < -0.39 is 0 Å². The molecule has 2 amide bonds. The van der Waals surface area contributed by atoms with Gasteiger partial charge in [-0.3, -0.25) is 9.59 Å². The van der Waals surface area contributed by atoms with Gasteiger partial charge in [0, 0.05) is 37.9 Å². The van der Waals surface area contributed by atoms with Gasteiger partial charge >= 0.3 is 0 Å². The second-order valence-corrected chi connectivity index (χ2v) is 8.03. The number of amides is 2. The van der Waals surface area contributed by atoms with Crippen LogP contribution in [0.1, 0.15) is 32.1 Å². The highest BCUT2D eigenvalue weighted by molar-refractivity contribution is 5.87. The summed E-state index contributed by atoms with van der Waals surface area (Å²) in [4.78, 5) is 29.1. The third-order valence-corrected chi connectivity index (χ3v) is 6.35. The summed E-state index contributed by atoms with van der Waals surface area (Å²) >= 11 is 0.